The number of rotatable bonds is 6. The smallest absolute Gasteiger partial charge is 0.281 e. The van der Waals surface area contributed by atoms with Gasteiger partial charge in [0.1, 0.15) is 0 Å². The Morgan fingerprint density at radius 3 is 2.72 bits per heavy atom. The number of carbonyl (C=O) groups excluding carboxylic acids is 1. The Bertz CT molecular complexity index is 388. The predicted octanol–water partition coefficient (Wildman–Crippen LogP) is 0.449. The summed E-state index contributed by atoms with van der Waals surface area (Å²) in [7, 11) is 0.517. The monoisotopic (exact) mass is 246 g/mol. The second-order valence-corrected chi connectivity index (χ2v) is 4.85. The van der Waals surface area contributed by atoms with Gasteiger partial charge in [-0.3, -0.25) is 0 Å². The molecule has 1 aromatic rings. The summed E-state index contributed by atoms with van der Waals surface area (Å²) in [6, 6.07) is 8.27. The van der Waals surface area contributed by atoms with E-state index in [9.17, 15) is 4.79 Å². The zero-order chi connectivity index (χ0) is 13.0. The lowest BCUT2D eigenvalue weighted by molar-refractivity contribution is -0.0300. The van der Waals surface area contributed by atoms with Gasteiger partial charge in [0.25, 0.3) is 7.41 Å². The van der Waals surface area contributed by atoms with Gasteiger partial charge < -0.3 is 20.1 Å². The van der Waals surface area contributed by atoms with E-state index in [0.717, 1.165) is 30.4 Å². The average Bonchev–Trinajstić information content (AvgIpc) is 2.32. The molecule has 2 rings (SSSR count). The lowest BCUT2D eigenvalue weighted by atomic mass is 9.89. The fraction of sp³-hybridized carbons (Fsp3) is 0.462. The number of hydrogen-bond acceptors (Lipinski definition) is 4. The molecular formula is C13H19BN2O2. The maximum atomic E-state index is 10.3. The van der Waals surface area contributed by atoms with E-state index >= 15 is 0 Å². The fourth-order valence-corrected chi connectivity index (χ4v) is 2.01. The Balaban J connectivity index is 1.73. The molecule has 1 fully saturated rings. The Morgan fingerprint density at radius 1 is 1.50 bits per heavy atom. The summed E-state index contributed by atoms with van der Waals surface area (Å²) in [5.74, 6) is 0. The largest absolute Gasteiger partial charge is 0.371 e. The third kappa shape index (κ3) is 3.42. The van der Waals surface area contributed by atoms with Crippen molar-refractivity contribution in [3.63, 3.8) is 0 Å². The van der Waals surface area contributed by atoms with Crippen LogP contribution < -0.4 is 5.73 Å². The molecule has 1 aromatic carbocycles. The number of nitrogens with zero attached hydrogens (tertiary/aromatic N) is 1. The Kier molecular flexibility index (Phi) is 4.52. The number of nitrogens with two attached hydrogens (primary N) is 1. The van der Waals surface area contributed by atoms with Crippen molar-refractivity contribution in [1.29, 1.82) is 0 Å². The van der Waals surface area contributed by atoms with E-state index in [1.807, 2.05) is 19.1 Å². The molecule has 0 bridgehead atoms. The van der Waals surface area contributed by atoms with E-state index < -0.39 is 0 Å². The van der Waals surface area contributed by atoms with E-state index in [-0.39, 0.29) is 12.1 Å². The van der Waals surface area contributed by atoms with Crippen LogP contribution in [0.15, 0.2) is 24.3 Å². The van der Waals surface area contributed by atoms with Crippen molar-refractivity contribution in [2.45, 2.75) is 25.7 Å². The number of carbonyl (C=O) groups is 1. The van der Waals surface area contributed by atoms with Crippen molar-refractivity contribution in [3.05, 3.63) is 35.4 Å². The van der Waals surface area contributed by atoms with Crippen molar-refractivity contribution in [2.75, 3.05) is 13.1 Å². The summed E-state index contributed by atoms with van der Waals surface area (Å²) in [5.41, 5.74) is 8.09. The van der Waals surface area contributed by atoms with Gasteiger partial charge in [-0.25, -0.2) is 0 Å². The predicted molar refractivity (Wildman–Crippen MR) is 73.1 cm³/mol. The van der Waals surface area contributed by atoms with Crippen LogP contribution in [0.3, 0.4) is 0 Å². The highest BCUT2D eigenvalue weighted by Gasteiger charge is 2.26. The molecular weight excluding hydrogens is 227 g/mol. The summed E-state index contributed by atoms with van der Waals surface area (Å²) in [4.78, 5) is 12.4. The van der Waals surface area contributed by atoms with Crippen LogP contribution in [0.4, 0.5) is 0 Å². The Hall–Kier alpha value is -1.17. The summed E-state index contributed by atoms with van der Waals surface area (Å²) < 4.78 is 5.75. The van der Waals surface area contributed by atoms with Crippen LogP contribution in [0.1, 0.15) is 24.1 Å². The lowest BCUT2D eigenvalue weighted by Gasteiger charge is -2.37. The minimum Gasteiger partial charge on any atom is -0.371 e. The Labute approximate surface area is 108 Å². The van der Waals surface area contributed by atoms with Gasteiger partial charge in [-0.15, -0.1) is 0 Å². The van der Waals surface area contributed by atoms with Crippen molar-refractivity contribution < 1.29 is 9.53 Å². The fourth-order valence-electron chi connectivity index (χ4n) is 2.01. The highest BCUT2D eigenvalue weighted by atomic mass is 16.5. The summed E-state index contributed by atoms with van der Waals surface area (Å²) in [5, 5.41) is 0. The molecule has 0 saturated carbocycles. The van der Waals surface area contributed by atoms with Crippen molar-refractivity contribution in [3.8, 4) is 0 Å². The molecule has 96 valence electrons. The minimum atomic E-state index is 0.0727. The minimum absolute atomic E-state index is 0.0727. The van der Waals surface area contributed by atoms with Crippen LogP contribution in [-0.2, 0) is 16.1 Å². The van der Waals surface area contributed by atoms with Gasteiger partial charge in [0.2, 0.25) is 0 Å². The number of ether oxygens (including phenoxy) is 1. The highest BCUT2D eigenvalue weighted by Crippen LogP contribution is 2.15. The molecule has 0 radical (unpaired) electrons. The van der Waals surface area contributed by atoms with Crippen LogP contribution >= 0.6 is 0 Å². The van der Waals surface area contributed by atoms with Crippen molar-refractivity contribution >= 4 is 13.6 Å². The van der Waals surface area contributed by atoms with E-state index in [1.165, 1.54) is 0 Å². The molecule has 1 heterocycles. The molecule has 1 aliphatic rings. The molecule has 4 nitrogen and oxygen atoms in total. The van der Waals surface area contributed by atoms with Crippen LogP contribution in [0, 0.1) is 0 Å². The maximum Gasteiger partial charge on any atom is 0.281 e. The second-order valence-electron chi connectivity index (χ2n) is 4.85. The first-order valence-electron chi connectivity index (χ1n) is 6.31. The van der Waals surface area contributed by atoms with Gasteiger partial charge in [-0.05, 0) is 18.1 Å². The van der Waals surface area contributed by atoms with Gasteiger partial charge in [0, 0.05) is 19.1 Å². The molecule has 0 amide bonds. The molecule has 1 saturated heterocycles. The zero-order valence-electron chi connectivity index (χ0n) is 10.7. The first kappa shape index (κ1) is 13.3. The molecule has 18 heavy (non-hydrogen) atoms. The summed E-state index contributed by atoms with van der Waals surface area (Å²) >= 11 is 0. The van der Waals surface area contributed by atoms with Gasteiger partial charge in [-0.1, -0.05) is 24.3 Å². The van der Waals surface area contributed by atoms with E-state index in [0.29, 0.717) is 14.0 Å². The molecule has 0 aromatic heterocycles. The van der Waals surface area contributed by atoms with E-state index in [4.69, 9.17) is 10.5 Å². The Morgan fingerprint density at radius 2 is 2.17 bits per heavy atom. The first-order chi connectivity index (χ1) is 8.69. The normalized spacial score (nSPS) is 18.1. The first-order valence-corrected chi connectivity index (χ1v) is 6.31. The molecule has 1 aliphatic heterocycles. The van der Waals surface area contributed by atoms with Gasteiger partial charge >= 0.3 is 0 Å². The lowest BCUT2D eigenvalue weighted by Crippen LogP contribution is -2.53. The van der Waals surface area contributed by atoms with Gasteiger partial charge in [0.15, 0.2) is 0 Å². The molecule has 0 spiro atoms. The maximum absolute atomic E-state index is 10.3. The molecule has 2 N–H and O–H groups in total. The molecule has 1 atom stereocenters. The third-order valence-electron chi connectivity index (χ3n) is 3.25. The molecule has 0 unspecified atom stereocenters. The van der Waals surface area contributed by atoms with Gasteiger partial charge in [-0.2, -0.15) is 0 Å². The summed E-state index contributed by atoms with van der Waals surface area (Å²) in [6.07, 6.45) is 1.20. The summed E-state index contributed by atoms with van der Waals surface area (Å²) in [6.45, 7) is 4.31. The zero-order valence-corrected chi connectivity index (χ0v) is 10.7. The van der Waals surface area contributed by atoms with E-state index in [2.05, 4.69) is 16.9 Å². The molecule has 0 aliphatic carbocycles. The van der Waals surface area contributed by atoms with Crippen LogP contribution in [0.2, 0.25) is 0 Å². The van der Waals surface area contributed by atoms with Gasteiger partial charge in [0.05, 0.1) is 18.9 Å². The second kappa shape index (κ2) is 6.13. The highest BCUT2D eigenvalue weighted by molar-refractivity contribution is 6.64. The average molecular weight is 246 g/mol. The quantitative estimate of drug-likeness (QED) is 0.584. The van der Waals surface area contributed by atoms with Crippen molar-refractivity contribution in [2.24, 2.45) is 5.73 Å². The van der Waals surface area contributed by atoms with Crippen LogP contribution in [0.5, 0.6) is 0 Å². The molecule has 5 heteroatoms. The topological polar surface area (TPSA) is 55.6 Å². The third-order valence-corrected chi connectivity index (χ3v) is 3.25. The van der Waals surface area contributed by atoms with Crippen LogP contribution in [-0.4, -0.2) is 37.6 Å². The SMILES string of the molecule is C[C@H](N)c1ccc(COC2CN(BC=O)C2)cc1. The van der Waals surface area contributed by atoms with E-state index in [1.54, 1.807) is 0 Å². The standard InChI is InChI=1S/C13H19BN2O2/c1-10(15)12-4-2-11(3-5-12)8-18-13-6-16(7-13)14-9-17/h2-5,9-10,13-14H,6-8,15H2,1H3/t10-/m0/s1. The van der Waals surface area contributed by atoms with Crippen LogP contribution in [0.25, 0.3) is 0 Å². The number of benzene rings is 1. The van der Waals surface area contributed by atoms with Crippen molar-refractivity contribution in [1.82, 2.24) is 4.81 Å². The number of hydrogen-bond donors (Lipinski definition) is 1.